The molecule has 3 rings (SSSR count). The van der Waals surface area contributed by atoms with Crippen LogP contribution in [0.1, 0.15) is 40.7 Å². The Kier molecular flexibility index (Phi) is 5.68. The maximum atomic E-state index is 12.6. The zero-order chi connectivity index (χ0) is 18.5. The molecule has 2 aromatic heterocycles. The van der Waals surface area contributed by atoms with Crippen LogP contribution in [0.25, 0.3) is 0 Å². The largest absolute Gasteiger partial charge is 0.362 e. The number of carbonyl (C=O) groups excluding carboxylic acids is 1. The SMILES string of the molecule is CCNc1nc(C)c(C(=O)NC2CCN(c3ncccc3C#N)CC2)s1. The number of amides is 1. The molecule has 26 heavy (non-hydrogen) atoms. The molecule has 3 heterocycles. The molecule has 1 aliphatic heterocycles. The standard InChI is InChI=1S/C18H22N6OS/c1-3-20-18-22-12(2)15(26-18)17(25)23-14-6-9-24(10-7-14)16-13(11-19)5-4-8-21-16/h4-5,8,14H,3,6-7,9-10H2,1-2H3,(H,20,22)(H,23,25). The number of nitrogens with one attached hydrogen (secondary N) is 2. The normalized spacial score (nSPS) is 14.7. The Morgan fingerprint density at radius 1 is 1.46 bits per heavy atom. The van der Waals surface area contributed by atoms with Crippen molar-refractivity contribution < 1.29 is 4.79 Å². The number of anilines is 2. The van der Waals surface area contributed by atoms with E-state index in [9.17, 15) is 10.1 Å². The first-order valence-electron chi connectivity index (χ1n) is 8.74. The summed E-state index contributed by atoms with van der Waals surface area (Å²) in [7, 11) is 0. The van der Waals surface area contributed by atoms with Crippen molar-refractivity contribution in [1.82, 2.24) is 15.3 Å². The van der Waals surface area contributed by atoms with Crippen molar-refractivity contribution in [2.75, 3.05) is 29.9 Å². The Morgan fingerprint density at radius 2 is 2.23 bits per heavy atom. The number of aryl methyl sites for hydroxylation is 1. The lowest BCUT2D eigenvalue weighted by atomic mass is 10.0. The molecule has 8 heteroatoms. The van der Waals surface area contributed by atoms with Crippen LogP contribution in [0.15, 0.2) is 18.3 Å². The number of nitrogens with zero attached hydrogens (tertiary/aromatic N) is 4. The maximum absolute atomic E-state index is 12.6. The molecular formula is C18H22N6OS. The predicted octanol–water partition coefficient (Wildman–Crippen LogP) is 2.55. The summed E-state index contributed by atoms with van der Waals surface area (Å²) in [6.07, 6.45) is 3.36. The van der Waals surface area contributed by atoms with Crippen LogP contribution in [0.3, 0.4) is 0 Å². The number of thiazole rings is 1. The molecular weight excluding hydrogens is 348 g/mol. The molecule has 0 saturated carbocycles. The summed E-state index contributed by atoms with van der Waals surface area (Å²) in [4.78, 5) is 24.1. The molecule has 1 saturated heterocycles. The van der Waals surface area contributed by atoms with Crippen LogP contribution < -0.4 is 15.5 Å². The van der Waals surface area contributed by atoms with Crippen molar-refractivity contribution in [3.05, 3.63) is 34.5 Å². The third-order valence-electron chi connectivity index (χ3n) is 4.37. The van der Waals surface area contributed by atoms with E-state index in [1.807, 2.05) is 13.8 Å². The van der Waals surface area contributed by atoms with Crippen molar-refractivity contribution in [3.63, 3.8) is 0 Å². The fourth-order valence-electron chi connectivity index (χ4n) is 3.06. The molecule has 136 valence electrons. The van der Waals surface area contributed by atoms with E-state index >= 15 is 0 Å². The van der Waals surface area contributed by atoms with E-state index < -0.39 is 0 Å². The first kappa shape index (κ1) is 18.1. The van der Waals surface area contributed by atoms with Crippen LogP contribution in [0, 0.1) is 18.3 Å². The van der Waals surface area contributed by atoms with Crippen LogP contribution in [0.2, 0.25) is 0 Å². The van der Waals surface area contributed by atoms with E-state index in [1.54, 1.807) is 18.3 Å². The maximum Gasteiger partial charge on any atom is 0.263 e. The smallest absolute Gasteiger partial charge is 0.263 e. The highest BCUT2D eigenvalue weighted by Crippen LogP contribution is 2.24. The minimum Gasteiger partial charge on any atom is -0.362 e. The van der Waals surface area contributed by atoms with Gasteiger partial charge in [0.05, 0.1) is 11.3 Å². The Labute approximate surface area is 157 Å². The topological polar surface area (TPSA) is 93.9 Å². The lowest BCUT2D eigenvalue weighted by Gasteiger charge is -2.33. The van der Waals surface area contributed by atoms with Gasteiger partial charge in [0.25, 0.3) is 5.91 Å². The first-order valence-corrected chi connectivity index (χ1v) is 9.56. The average molecular weight is 370 g/mol. The van der Waals surface area contributed by atoms with Crippen LogP contribution in [0.5, 0.6) is 0 Å². The zero-order valence-electron chi connectivity index (χ0n) is 15.0. The van der Waals surface area contributed by atoms with Gasteiger partial charge in [0.15, 0.2) is 5.13 Å². The minimum absolute atomic E-state index is 0.0573. The molecule has 0 spiro atoms. The molecule has 1 aliphatic rings. The molecule has 1 amide bonds. The average Bonchev–Trinajstić information content (AvgIpc) is 3.03. The fourth-order valence-corrected chi connectivity index (χ4v) is 3.99. The van der Waals surface area contributed by atoms with E-state index in [2.05, 4.69) is 31.6 Å². The summed E-state index contributed by atoms with van der Waals surface area (Å²) < 4.78 is 0. The number of aromatic nitrogens is 2. The summed E-state index contributed by atoms with van der Waals surface area (Å²) in [6.45, 7) is 6.18. The van der Waals surface area contributed by atoms with Crippen molar-refractivity contribution in [2.24, 2.45) is 0 Å². The third-order valence-corrected chi connectivity index (χ3v) is 5.48. The number of rotatable bonds is 5. The van der Waals surface area contributed by atoms with Crippen molar-refractivity contribution in [1.29, 1.82) is 5.26 Å². The lowest BCUT2D eigenvalue weighted by Crippen LogP contribution is -2.45. The monoisotopic (exact) mass is 370 g/mol. The summed E-state index contributed by atoms with van der Waals surface area (Å²) in [5.74, 6) is 0.673. The highest BCUT2D eigenvalue weighted by molar-refractivity contribution is 7.17. The molecule has 0 atom stereocenters. The predicted molar refractivity (Wildman–Crippen MR) is 103 cm³/mol. The van der Waals surface area contributed by atoms with Gasteiger partial charge in [0, 0.05) is 31.9 Å². The van der Waals surface area contributed by atoms with E-state index in [-0.39, 0.29) is 11.9 Å². The van der Waals surface area contributed by atoms with E-state index in [0.717, 1.165) is 49.1 Å². The number of hydrogen-bond donors (Lipinski definition) is 2. The van der Waals surface area contributed by atoms with Gasteiger partial charge in [0.2, 0.25) is 0 Å². The van der Waals surface area contributed by atoms with Crippen LogP contribution in [-0.4, -0.2) is 41.6 Å². The number of hydrogen-bond acceptors (Lipinski definition) is 7. The zero-order valence-corrected chi connectivity index (χ0v) is 15.8. The summed E-state index contributed by atoms with van der Waals surface area (Å²) in [5, 5.41) is 16.3. The number of carbonyl (C=O) groups is 1. The van der Waals surface area contributed by atoms with Gasteiger partial charge in [0.1, 0.15) is 16.8 Å². The Morgan fingerprint density at radius 3 is 2.92 bits per heavy atom. The van der Waals surface area contributed by atoms with Gasteiger partial charge in [-0.05, 0) is 38.8 Å². The Hall–Kier alpha value is -2.66. The lowest BCUT2D eigenvalue weighted by molar-refractivity contribution is 0.0934. The van der Waals surface area contributed by atoms with Gasteiger partial charge in [-0.1, -0.05) is 11.3 Å². The van der Waals surface area contributed by atoms with E-state index in [1.165, 1.54) is 11.3 Å². The van der Waals surface area contributed by atoms with Crippen LogP contribution in [-0.2, 0) is 0 Å². The summed E-state index contributed by atoms with van der Waals surface area (Å²) >= 11 is 1.39. The number of pyridine rings is 1. The molecule has 0 unspecified atom stereocenters. The highest BCUT2D eigenvalue weighted by atomic mass is 32.1. The van der Waals surface area contributed by atoms with E-state index in [4.69, 9.17) is 0 Å². The van der Waals surface area contributed by atoms with Gasteiger partial charge in [-0.2, -0.15) is 5.26 Å². The summed E-state index contributed by atoms with van der Waals surface area (Å²) in [6, 6.07) is 5.87. The second kappa shape index (κ2) is 8.15. The van der Waals surface area contributed by atoms with Gasteiger partial charge in [-0.3, -0.25) is 4.79 Å². The molecule has 0 bridgehead atoms. The molecule has 1 fully saturated rings. The van der Waals surface area contributed by atoms with Gasteiger partial charge < -0.3 is 15.5 Å². The summed E-state index contributed by atoms with van der Waals surface area (Å²) in [5.41, 5.74) is 1.35. The van der Waals surface area contributed by atoms with Crippen molar-refractivity contribution >= 4 is 28.2 Å². The van der Waals surface area contributed by atoms with Crippen molar-refractivity contribution in [3.8, 4) is 6.07 Å². The Bertz CT molecular complexity index is 819. The number of nitriles is 1. The molecule has 7 nitrogen and oxygen atoms in total. The molecule has 0 radical (unpaired) electrons. The molecule has 0 aromatic carbocycles. The fraction of sp³-hybridized carbons (Fsp3) is 0.444. The van der Waals surface area contributed by atoms with Gasteiger partial charge in [-0.25, -0.2) is 9.97 Å². The second-order valence-corrected chi connectivity index (χ2v) is 7.18. The molecule has 2 N–H and O–H groups in total. The number of piperidine rings is 1. The minimum atomic E-state index is -0.0573. The molecule has 2 aromatic rings. The third kappa shape index (κ3) is 3.94. The Balaban J connectivity index is 1.59. The highest BCUT2D eigenvalue weighted by Gasteiger charge is 2.24. The first-order chi connectivity index (χ1) is 12.6. The van der Waals surface area contributed by atoms with E-state index in [0.29, 0.717) is 10.4 Å². The van der Waals surface area contributed by atoms with Crippen molar-refractivity contribution in [2.45, 2.75) is 32.7 Å². The second-order valence-electron chi connectivity index (χ2n) is 6.19. The van der Waals surface area contributed by atoms with Crippen LogP contribution >= 0.6 is 11.3 Å². The quantitative estimate of drug-likeness (QED) is 0.840. The van der Waals surface area contributed by atoms with Gasteiger partial charge >= 0.3 is 0 Å². The van der Waals surface area contributed by atoms with Gasteiger partial charge in [-0.15, -0.1) is 0 Å². The molecule has 0 aliphatic carbocycles. The van der Waals surface area contributed by atoms with Crippen LogP contribution in [0.4, 0.5) is 10.9 Å².